The Morgan fingerprint density at radius 3 is 1.31 bits per heavy atom. The summed E-state index contributed by atoms with van der Waals surface area (Å²) in [4.78, 5) is 0. The van der Waals surface area contributed by atoms with Crippen LogP contribution in [0, 0.1) is 0 Å². The van der Waals surface area contributed by atoms with Crippen molar-refractivity contribution in [2.75, 3.05) is 40.4 Å². The van der Waals surface area contributed by atoms with Crippen LogP contribution < -0.4 is 9.47 Å². The van der Waals surface area contributed by atoms with Crippen molar-refractivity contribution < 1.29 is 9.47 Å². The molecule has 136 valence electrons. The van der Waals surface area contributed by atoms with Gasteiger partial charge in [0.1, 0.15) is 11.5 Å². The van der Waals surface area contributed by atoms with Crippen LogP contribution in [0.1, 0.15) is 11.1 Å². The zero-order chi connectivity index (χ0) is 18.2. The van der Waals surface area contributed by atoms with Gasteiger partial charge in [-0.25, -0.2) is 0 Å². The molecule has 0 N–H and O–H groups in total. The lowest BCUT2D eigenvalue weighted by Gasteiger charge is -2.31. The third-order valence-corrected chi connectivity index (χ3v) is 4.20. The van der Waals surface area contributed by atoms with E-state index in [4.69, 9.17) is 9.47 Å². The van der Waals surface area contributed by atoms with Gasteiger partial charge in [0.2, 0.25) is 0 Å². The van der Waals surface area contributed by atoms with Gasteiger partial charge < -0.3 is 9.47 Å². The molecule has 0 atom stereocenters. The summed E-state index contributed by atoms with van der Waals surface area (Å²) in [6.07, 6.45) is 3.77. The molecule has 6 nitrogen and oxygen atoms in total. The van der Waals surface area contributed by atoms with E-state index in [1.165, 1.54) is 0 Å². The van der Waals surface area contributed by atoms with Gasteiger partial charge in [0.15, 0.2) is 0 Å². The highest BCUT2D eigenvalue weighted by molar-refractivity contribution is 5.80. The van der Waals surface area contributed by atoms with Gasteiger partial charge in [-0.1, -0.05) is 0 Å². The molecule has 26 heavy (non-hydrogen) atoms. The van der Waals surface area contributed by atoms with Crippen molar-refractivity contribution in [1.82, 2.24) is 10.0 Å². The number of ether oxygens (including phenoxy) is 2. The maximum atomic E-state index is 5.16. The molecule has 0 aliphatic carbocycles. The Morgan fingerprint density at radius 1 is 0.654 bits per heavy atom. The van der Waals surface area contributed by atoms with E-state index >= 15 is 0 Å². The maximum Gasteiger partial charge on any atom is 0.118 e. The van der Waals surface area contributed by atoms with Crippen LogP contribution in [0.15, 0.2) is 58.7 Å². The zero-order valence-corrected chi connectivity index (χ0v) is 15.2. The van der Waals surface area contributed by atoms with Gasteiger partial charge >= 0.3 is 0 Å². The smallest absolute Gasteiger partial charge is 0.118 e. The minimum atomic E-state index is 0.852. The SMILES string of the molecule is COc1ccc(/C=N\N2CCN(/N=C/c3ccc(OC)cc3)CC2)cc1. The summed E-state index contributed by atoms with van der Waals surface area (Å²) in [5.74, 6) is 1.70. The third kappa shape index (κ3) is 4.99. The molecule has 2 aromatic rings. The molecule has 0 saturated carbocycles. The minimum absolute atomic E-state index is 0.852. The van der Waals surface area contributed by atoms with Crippen LogP contribution in [0.2, 0.25) is 0 Å². The summed E-state index contributed by atoms with van der Waals surface area (Å²) in [7, 11) is 3.33. The lowest BCUT2D eigenvalue weighted by atomic mass is 10.2. The molecule has 1 saturated heterocycles. The van der Waals surface area contributed by atoms with Gasteiger partial charge in [-0.15, -0.1) is 0 Å². The number of benzene rings is 2. The normalized spacial score (nSPS) is 15.0. The molecular formula is C20H24N4O2. The molecular weight excluding hydrogens is 328 g/mol. The van der Waals surface area contributed by atoms with Crippen LogP contribution in [-0.2, 0) is 0 Å². The van der Waals surface area contributed by atoms with E-state index in [0.29, 0.717) is 0 Å². The van der Waals surface area contributed by atoms with Crippen LogP contribution in [0.25, 0.3) is 0 Å². The van der Waals surface area contributed by atoms with Crippen molar-refractivity contribution in [2.45, 2.75) is 0 Å². The van der Waals surface area contributed by atoms with Gasteiger partial charge in [0.25, 0.3) is 0 Å². The maximum absolute atomic E-state index is 5.16. The highest BCUT2D eigenvalue weighted by Crippen LogP contribution is 2.11. The molecule has 0 amide bonds. The first kappa shape index (κ1) is 17.8. The molecule has 1 aliphatic heterocycles. The average molecular weight is 352 g/mol. The standard InChI is InChI=1S/C20H24N4O2/c1-25-19-7-3-17(4-8-19)15-21-23-11-13-24(14-12-23)22-16-18-5-9-20(26-2)10-6-18/h3-10,15-16H,11-14H2,1-2H3/b21-15-,22-16+. The molecule has 0 spiro atoms. The highest BCUT2D eigenvalue weighted by atomic mass is 16.5. The Balaban J connectivity index is 1.47. The van der Waals surface area contributed by atoms with Crippen LogP contribution in [0.4, 0.5) is 0 Å². The zero-order valence-electron chi connectivity index (χ0n) is 15.2. The van der Waals surface area contributed by atoms with Crippen molar-refractivity contribution in [1.29, 1.82) is 0 Å². The van der Waals surface area contributed by atoms with Gasteiger partial charge in [0.05, 0.1) is 52.8 Å². The van der Waals surface area contributed by atoms with Crippen molar-refractivity contribution in [3.05, 3.63) is 59.7 Å². The van der Waals surface area contributed by atoms with Gasteiger partial charge in [-0.05, 0) is 59.7 Å². The van der Waals surface area contributed by atoms with Crippen molar-refractivity contribution in [3.8, 4) is 11.5 Å². The molecule has 0 unspecified atom stereocenters. The van der Waals surface area contributed by atoms with E-state index in [9.17, 15) is 0 Å². The molecule has 1 heterocycles. The Kier molecular flexibility index (Phi) is 6.09. The van der Waals surface area contributed by atoms with Crippen molar-refractivity contribution in [3.63, 3.8) is 0 Å². The van der Waals surface area contributed by atoms with E-state index in [0.717, 1.165) is 48.8 Å². The largest absolute Gasteiger partial charge is 0.497 e. The summed E-state index contributed by atoms with van der Waals surface area (Å²) in [6.45, 7) is 3.42. The summed E-state index contributed by atoms with van der Waals surface area (Å²) < 4.78 is 10.3. The second-order valence-corrected chi connectivity index (χ2v) is 5.94. The summed E-state index contributed by atoms with van der Waals surface area (Å²) >= 11 is 0. The predicted molar refractivity (Wildman–Crippen MR) is 104 cm³/mol. The summed E-state index contributed by atoms with van der Waals surface area (Å²) in [6, 6.07) is 15.7. The molecule has 6 heteroatoms. The number of rotatable bonds is 6. The summed E-state index contributed by atoms with van der Waals surface area (Å²) in [5, 5.41) is 13.3. The van der Waals surface area contributed by atoms with E-state index in [2.05, 4.69) is 20.2 Å². The van der Waals surface area contributed by atoms with Crippen molar-refractivity contribution >= 4 is 12.4 Å². The first-order chi connectivity index (χ1) is 12.8. The van der Waals surface area contributed by atoms with E-state index in [1.807, 2.05) is 61.0 Å². The second-order valence-electron chi connectivity index (χ2n) is 5.94. The Bertz CT molecular complexity index is 668. The third-order valence-electron chi connectivity index (χ3n) is 4.20. The molecule has 2 aromatic carbocycles. The Morgan fingerprint density at radius 2 is 1.00 bits per heavy atom. The lowest BCUT2D eigenvalue weighted by molar-refractivity contribution is 0.141. The molecule has 0 radical (unpaired) electrons. The quantitative estimate of drug-likeness (QED) is 0.750. The van der Waals surface area contributed by atoms with Crippen molar-refractivity contribution in [2.24, 2.45) is 10.2 Å². The Hall–Kier alpha value is -3.02. The summed E-state index contributed by atoms with van der Waals surface area (Å²) in [5.41, 5.74) is 2.12. The molecule has 0 bridgehead atoms. The molecule has 1 fully saturated rings. The fourth-order valence-electron chi connectivity index (χ4n) is 2.59. The molecule has 1 aliphatic rings. The number of hydrogen-bond acceptors (Lipinski definition) is 6. The fourth-order valence-corrected chi connectivity index (χ4v) is 2.59. The lowest BCUT2D eigenvalue weighted by Crippen LogP contribution is -2.41. The topological polar surface area (TPSA) is 49.7 Å². The average Bonchev–Trinajstić information content (AvgIpc) is 2.72. The Labute approximate surface area is 154 Å². The number of hydrogen-bond donors (Lipinski definition) is 0. The monoisotopic (exact) mass is 352 g/mol. The van der Waals surface area contributed by atoms with Crippen LogP contribution in [0.5, 0.6) is 11.5 Å². The number of nitrogens with zero attached hydrogens (tertiary/aromatic N) is 4. The molecule has 0 aromatic heterocycles. The molecule has 3 rings (SSSR count). The van der Waals surface area contributed by atoms with Gasteiger partial charge in [-0.2, -0.15) is 10.2 Å². The van der Waals surface area contributed by atoms with Crippen LogP contribution in [0.3, 0.4) is 0 Å². The first-order valence-electron chi connectivity index (χ1n) is 8.63. The van der Waals surface area contributed by atoms with Crippen LogP contribution in [-0.4, -0.2) is 62.8 Å². The van der Waals surface area contributed by atoms with E-state index < -0.39 is 0 Å². The second kappa shape index (κ2) is 8.89. The van der Waals surface area contributed by atoms with Gasteiger partial charge in [-0.3, -0.25) is 10.0 Å². The number of piperazine rings is 1. The van der Waals surface area contributed by atoms with E-state index in [1.54, 1.807) is 14.2 Å². The van der Waals surface area contributed by atoms with Gasteiger partial charge in [0, 0.05) is 0 Å². The first-order valence-corrected chi connectivity index (χ1v) is 8.63. The number of methoxy groups -OCH3 is 2. The minimum Gasteiger partial charge on any atom is -0.497 e. The number of hydrazone groups is 2. The predicted octanol–water partition coefficient (Wildman–Crippen LogP) is 2.69. The van der Waals surface area contributed by atoms with Crippen LogP contribution >= 0.6 is 0 Å². The van der Waals surface area contributed by atoms with E-state index in [-0.39, 0.29) is 0 Å². The fraction of sp³-hybridized carbons (Fsp3) is 0.300. The highest BCUT2D eigenvalue weighted by Gasteiger charge is 2.12.